The van der Waals surface area contributed by atoms with Gasteiger partial charge in [0.25, 0.3) is 21.8 Å². The SMILES string of the molecule is CCc1nc2ccc(Cl)cn2c1C(=O)NS(=O)(=O)c1ccsc1C(N)=O. The van der Waals surface area contributed by atoms with Gasteiger partial charge in [-0.2, -0.15) is 0 Å². The molecule has 26 heavy (non-hydrogen) atoms. The average molecular weight is 413 g/mol. The molecule has 0 radical (unpaired) electrons. The van der Waals surface area contributed by atoms with Crippen LogP contribution in [0.4, 0.5) is 0 Å². The molecule has 3 N–H and O–H groups in total. The molecule has 8 nitrogen and oxygen atoms in total. The summed E-state index contributed by atoms with van der Waals surface area (Å²) in [6.07, 6.45) is 1.89. The number of pyridine rings is 1. The van der Waals surface area contributed by atoms with Gasteiger partial charge in [-0.3, -0.25) is 14.0 Å². The zero-order valence-corrected chi connectivity index (χ0v) is 15.8. The average Bonchev–Trinajstić information content (AvgIpc) is 3.18. The van der Waals surface area contributed by atoms with E-state index in [1.54, 1.807) is 19.1 Å². The molecule has 3 heterocycles. The van der Waals surface area contributed by atoms with Gasteiger partial charge in [-0.25, -0.2) is 18.1 Å². The van der Waals surface area contributed by atoms with Crippen LogP contribution in [0, 0.1) is 0 Å². The molecule has 0 aliphatic carbocycles. The number of imidazole rings is 1. The number of carbonyl (C=O) groups is 2. The first-order chi connectivity index (χ1) is 12.2. The summed E-state index contributed by atoms with van der Waals surface area (Å²) in [4.78, 5) is 27.9. The molecule has 2 amide bonds. The highest BCUT2D eigenvalue weighted by Gasteiger charge is 2.28. The van der Waals surface area contributed by atoms with Crippen molar-refractivity contribution in [2.75, 3.05) is 0 Å². The number of sulfonamides is 1. The number of hydrogen-bond acceptors (Lipinski definition) is 6. The molecule has 0 saturated carbocycles. The minimum Gasteiger partial charge on any atom is -0.365 e. The number of carbonyl (C=O) groups excluding carboxylic acids is 2. The van der Waals surface area contributed by atoms with Gasteiger partial charge in [0.1, 0.15) is 21.1 Å². The number of hydrogen-bond donors (Lipinski definition) is 2. The molecule has 0 spiro atoms. The Morgan fingerprint density at radius 3 is 2.73 bits per heavy atom. The van der Waals surface area contributed by atoms with E-state index in [9.17, 15) is 18.0 Å². The smallest absolute Gasteiger partial charge is 0.283 e. The third kappa shape index (κ3) is 3.18. The normalized spacial score (nSPS) is 11.6. The topological polar surface area (TPSA) is 124 Å². The number of aromatic nitrogens is 2. The molecule has 0 atom stereocenters. The van der Waals surface area contributed by atoms with Crippen LogP contribution in [0.5, 0.6) is 0 Å². The van der Waals surface area contributed by atoms with E-state index in [0.29, 0.717) is 22.8 Å². The lowest BCUT2D eigenvalue weighted by Crippen LogP contribution is -2.33. The molecule has 11 heteroatoms. The number of halogens is 1. The zero-order chi connectivity index (χ0) is 19.1. The van der Waals surface area contributed by atoms with Crippen LogP contribution in [0.3, 0.4) is 0 Å². The first-order valence-electron chi connectivity index (χ1n) is 7.35. The van der Waals surface area contributed by atoms with Gasteiger partial charge in [0.2, 0.25) is 0 Å². The molecule has 0 aliphatic rings. The summed E-state index contributed by atoms with van der Waals surface area (Å²) in [5.41, 5.74) is 6.12. The van der Waals surface area contributed by atoms with Crippen LogP contribution in [0.15, 0.2) is 34.7 Å². The third-order valence-electron chi connectivity index (χ3n) is 3.57. The van der Waals surface area contributed by atoms with E-state index < -0.39 is 21.8 Å². The molecular weight excluding hydrogens is 400 g/mol. The largest absolute Gasteiger partial charge is 0.365 e. The van der Waals surface area contributed by atoms with Crippen molar-refractivity contribution < 1.29 is 18.0 Å². The van der Waals surface area contributed by atoms with Crippen LogP contribution in [0.1, 0.15) is 32.8 Å². The van der Waals surface area contributed by atoms with Crippen LogP contribution in [-0.2, 0) is 16.4 Å². The van der Waals surface area contributed by atoms with Gasteiger partial charge in [0.15, 0.2) is 0 Å². The van der Waals surface area contributed by atoms with E-state index in [2.05, 4.69) is 4.98 Å². The van der Waals surface area contributed by atoms with Crippen molar-refractivity contribution >= 4 is 50.4 Å². The Bertz CT molecular complexity index is 1130. The van der Waals surface area contributed by atoms with Crippen molar-refractivity contribution in [2.24, 2.45) is 5.73 Å². The fourth-order valence-corrected chi connectivity index (χ4v) is 4.87. The number of aryl methyl sites for hydroxylation is 1. The molecule has 136 valence electrons. The molecule has 0 fully saturated rings. The van der Waals surface area contributed by atoms with Crippen molar-refractivity contribution in [3.8, 4) is 0 Å². The van der Waals surface area contributed by atoms with Crippen LogP contribution < -0.4 is 10.5 Å². The lowest BCUT2D eigenvalue weighted by atomic mass is 10.2. The predicted molar refractivity (Wildman–Crippen MR) is 97.1 cm³/mol. The van der Waals surface area contributed by atoms with E-state index in [-0.39, 0.29) is 15.5 Å². The molecule has 3 rings (SSSR count). The summed E-state index contributed by atoms with van der Waals surface area (Å²) in [6, 6.07) is 4.45. The number of nitrogens with two attached hydrogens (primary N) is 1. The zero-order valence-electron chi connectivity index (χ0n) is 13.4. The summed E-state index contributed by atoms with van der Waals surface area (Å²) in [6.45, 7) is 1.79. The monoisotopic (exact) mass is 412 g/mol. The van der Waals surface area contributed by atoms with E-state index in [0.717, 1.165) is 11.3 Å². The highest BCUT2D eigenvalue weighted by molar-refractivity contribution is 7.90. The van der Waals surface area contributed by atoms with Crippen molar-refractivity contribution in [2.45, 2.75) is 18.2 Å². The maximum Gasteiger partial charge on any atom is 0.283 e. The number of primary amides is 1. The summed E-state index contributed by atoms with van der Waals surface area (Å²) >= 11 is 6.85. The first kappa shape index (κ1) is 18.4. The standard InChI is InChI=1S/C15H13ClN4O4S2/c1-2-9-12(20-7-8(16)3-4-11(20)18-9)15(22)19-26(23,24)10-5-6-25-13(10)14(17)21/h3-7H,2H2,1H3,(H2,17,21)(H,19,22). The van der Waals surface area contributed by atoms with E-state index in [4.69, 9.17) is 17.3 Å². The molecule has 0 aromatic carbocycles. The van der Waals surface area contributed by atoms with E-state index in [1.807, 2.05) is 4.72 Å². The van der Waals surface area contributed by atoms with Gasteiger partial charge >= 0.3 is 0 Å². The van der Waals surface area contributed by atoms with Crippen LogP contribution in [0.25, 0.3) is 5.65 Å². The third-order valence-corrected chi connectivity index (χ3v) is 6.23. The fourth-order valence-electron chi connectivity index (χ4n) is 2.47. The Kier molecular flexibility index (Phi) is 4.74. The van der Waals surface area contributed by atoms with Crippen molar-refractivity contribution in [3.05, 3.63) is 51.1 Å². The number of fused-ring (bicyclic) bond motifs is 1. The highest BCUT2D eigenvalue weighted by atomic mass is 35.5. The Balaban J connectivity index is 2.05. The van der Waals surface area contributed by atoms with Crippen molar-refractivity contribution in [3.63, 3.8) is 0 Å². The Morgan fingerprint density at radius 2 is 2.08 bits per heavy atom. The highest BCUT2D eigenvalue weighted by Crippen LogP contribution is 2.22. The maximum absolute atomic E-state index is 12.7. The van der Waals surface area contributed by atoms with Crippen LogP contribution in [0.2, 0.25) is 5.02 Å². The fraction of sp³-hybridized carbons (Fsp3) is 0.133. The summed E-state index contributed by atoms with van der Waals surface area (Å²) in [5, 5.41) is 1.77. The minimum absolute atomic E-state index is 0.0597. The van der Waals surface area contributed by atoms with Gasteiger partial charge < -0.3 is 5.73 Å². The Labute approximate surface area is 157 Å². The van der Waals surface area contributed by atoms with Gasteiger partial charge in [-0.1, -0.05) is 18.5 Å². The number of thiophene rings is 1. The van der Waals surface area contributed by atoms with Gasteiger partial charge in [0, 0.05) is 6.20 Å². The molecule has 0 aliphatic heterocycles. The second-order valence-corrected chi connectivity index (χ2v) is 8.25. The second-order valence-electron chi connectivity index (χ2n) is 5.25. The molecule has 0 saturated heterocycles. The van der Waals surface area contributed by atoms with E-state index >= 15 is 0 Å². The molecule has 0 bridgehead atoms. The quantitative estimate of drug-likeness (QED) is 0.661. The molecule has 3 aromatic rings. The number of nitrogens with zero attached hydrogens (tertiary/aromatic N) is 2. The lowest BCUT2D eigenvalue weighted by molar-refractivity contribution is 0.0970. The minimum atomic E-state index is -4.29. The van der Waals surface area contributed by atoms with Crippen LogP contribution >= 0.6 is 22.9 Å². The first-order valence-corrected chi connectivity index (χ1v) is 10.1. The van der Waals surface area contributed by atoms with Crippen molar-refractivity contribution in [1.29, 1.82) is 0 Å². The number of nitrogens with one attached hydrogen (secondary N) is 1. The Hall–Kier alpha value is -2.43. The number of rotatable bonds is 5. The summed E-state index contributed by atoms with van der Waals surface area (Å²) < 4.78 is 28.5. The lowest BCUT2D eigenvalue weighted by Gasteiger charge is -2.08. The molecule has 3 aromatic heterocycles. The summed E-state index contributed by atoms with van der Waals surface area (Å²) in [5.74, 6) is -1.76. The second kappa shape index (κ2) is 6.71. The molecular formula is C15H13ClN4O4S2. The van der Waals surface area contributed by atoms with Gasteiger partial charge in [0.05, 0.1) is 10.7 Å². The molecule has 0 unspecified atom stereocenters. The summed E-state index contributed by atoms with van der Waals surface area (Å²) in [7, 11) is -4.29. The number of amides is 2. The van der Waals surface area contributed by atoms with Gasteiger partial charge in [-0.05, 0) is 30.0 Å². The van der Waals surface area contributed by atoms with Crippen molar-refractivity contribution in [1.82, 2.24) is 14.1 Å². The maximum atomic E-state index is 12.7. The van der Waals surface area contributed by atoms with Crippen LogP contribution in [-0.4, -0.2) is 29.6 Å². The predicted octanol–water partition coefficient (Wildman–Crippen LogP) is 1.83. The van der Waals surface area contributed by atoms with E-state index in [1.165, 1.54) is 22.0 Å². The Morgan fingerprint density at radius 1 is 1.35 bits per heavy atom. The van der Waals surface area contributed by atoms with Gasteiger partial charge in [-0.15, -0.1) is 11.3 Å².